The summed E-state index contributed by atoms with van der Waals surface area (Å²) in [6.45, 7) is 3.64. The third kappa shape index (κ3) is 4.75. The van der Waals surface area contributed by atoms with Gasteiger partial charge in [0.15, 0.2) is 0 Å². The highest BCUT2D eigenvalue weighted by atomic mass is 16.2. The first kappa shape index (κ1) is 18.7. The van der Waals surface area contributed by atoms with E-state index in [1.807, 2.05) is 0 Å². The fourth-order valence-corrected chi connectivity index (χ4v) is 5.10. The lowest BCUT2D eigenvalue weighted by molar-refractivity contribution is -0.137. The van der Waals surface area contributed by atoms with Gasteiger partial charge in [-0.25, -0.2) is 0 Å². The highest BCUT2D eigenvalue weighted by molar-refractivity contribution is 5.80. The van der Waals surface area contributed by atoms with Crippen molar-refractivity contribution in [1.82, 2.24) is 10.2 Å². The first-order chi connectivity index (χ1) is 12.1. The molecule has 0 bridgehead atoms. The van der Waals surface area contributed by atoms with Crippen LogP contribution in [0.2, 0.25) is 0 Å². The molecule has 2 amide bonds. The van der Waals surface area contributed by atoms with Crippen LogP contribution in [0.3, 0.4) is 0 Å². The van der Waals surface area contributed by atoms with Crippen LogP contribution in [0.25, 0.3) is 0 Å². The summed E-state index contributed by atoms with van der Waals surface area (Å²) < 4.78 is 0. The van der Waals surface area contributed by atoms with E-state index in [1.165, 1.54) is 25.7 Å². The van der Waals surface area contributed by atoms with Gasteiger partial charge >= 0.3 is 0 Å². The first-order valence-electron chi connectivity index (χ1n) is 10.4. The van der Waals surface area contributed by atoms with Crippen molar-refractivity contribution in [3.63, 3.8) is 0 Å². The number of nitrogens with zero attached hydrogens (tertiary/aromatic N) is 1. The molecule has 2 saturated carbocycles. The molecule has 5 nitrogen and oxygen atoms in total. The van der Waals surface area contributed by atoms with Crippen LogP contribution >= 0.6 is 0 Å². The van der Waals surface area contributed by atoms with Gasteiger partial charge in [-0.05, 0) is 70.3 Å². The molecule has 0 aromatic rings. The quantitative estimate of drug-likeness (QED) is 0.800. The molecule has 1 heterocycles. The van der Waals surface area contributed by atoms with Gasteiger partial charge in [0.05, 0.1) is 0 Å². The van der Waals surface area contributed by atoms with Crippen LogP contribution < -0.4 is 11.1 Å². The summed E-state index contributed by atoms with van der Waals surface area (Å²) in [4.78, 5) is 27.1. The summed E-state index contributed by atoms with van der Waals surface area (Å²) in [6.07, 6.45) is 10.4. The molecule has 0 radical (unpaired) electrons. The van der Waals surface area contributed by atoms with Crippen LogP contribution in [0.4, 0.5) is 0 Å². The van der Waals surface area contributed by atoms with Crippen LogP contribution in [-0.4, -0.2) is 41.9 Å². The van der Waals surface area contributed by atoms with Crippen molar-refractivity contribution in [3.8, 4) is 0 Å². The molecule has 0 aromatic carbocycles. The molecule has 0 spiro atoms. The van der Waals surface area contributed by atoms with Crippen LogP contribution in [0.5, 0.6) is 0 Å². The summed E-state index contributed by atoms with van der Waals surface area (Å²) in [5.74, 6) is 1.75. The largest absolute Gasteiger partial charge is 0.353 e. The topological polar surface area (TPSA) is 75.4 Å². The highest BCUT2D eigenvalue weighted by Crippen LogP contribution is 2.31. The third-order valence-corrected chi connectivity index (χ3v) is 6.67. The van der Waals surface area contributed by atoms with Gasteiger partial charge in [-0.15, -0.1) is 0 Å². The van der Waals surface area contributed by atoms with Crippen molar-refractivity contribution in [2.45, 2.75) is 83.2 Å². The summed E-state index contributed by atoms with van der Waals surface area (Å²) in [5.41, 5.74) is 5.78. The molecule has 0 aromatic heterocycles. The smallest absolute Gasteiger partial charge is 0.225 e. The second-order valence-corrected chi connectivity index (χ2v) is 8.65. The van der Waals surface area contributed by atoms with E-state index < -0.39 is 0 Å². The minimum Gasteiger partial charge on any atom is -0.353 e. The van der Waals surface area contributed by atoms with Gasteiger partial charge in [0, 0.05) is 31.0 Å². The first-order valence-corrected chi connectivity index (χ1v) is 10.4. The molecule has 2 unspecified atom stereocenters. The molecule has 142 valence electrons. The van der Waals surface area contributed by atoms with E-state index in [4.69, 9.17) is 5.73 Å². The van der Waals surface area contributed by atoms with Crippen LogP contribution in [0.15, 0.2) is 0 Å². The van der Waals surface area contributed by atoms with E-state index in [-0.39, 0.29) is 17.9 Å². The van der Waals surface area contributed by atoms with Crippen LogP contribution in [0, 0.1) is 17.8 Å². The monoisotopic (exact) mass is 349 g/mol. The van der Waals surface area contributed by atoms with E-state index in [9.17, 15) is 9.59 Å². The van der Waals surface area contributed by atoms with Crippen molar-refractivity contribution in [3.05, 3.63) is 0 Å². The molecule has 2 atom stereocenters. The lowest BCUT2D eigenvalue weighted by Crippen LogP contribution is -2.43. The van der Waals surface area contributed by atoms with Gasteiger partial charge in [0.2, 0.25) is 11.8 Å². The minimum atomic E-state index is 0.141. The van der Waals surface area contributed by atoms with E-state index in [2.05, 4.69) is 17.1 Å². The molecular weight excluding hydrogens is 314 g/mol. The maximum absolute atomic E-state index is 12.8. The van der Waals surface area contributed by atoms with Crippen molar-refractivity contribution in [2.24, 2.45) is 23.5 Å². The molecule has 3 N–H and O–H groups in total. The second kappa shape index (κ2) is 8.52. The lowest BCUT2D eigenvalue weighted by atomic mass is 9.85. The molecule has 5 heteroatoms. The maximum atomic E-state index is 12.8. The number of carbonyl (C=O) groups is 2. The number of nitrogens with one attached hydrogen (secondary N) is 1. The zero-order valence-electron chi connectivity index (χ0n) is 15.7. The molecule has 2 aliphatic carbocycles. The Bertz CT molecular complexity index is 468. The standard InChI is InChI=1S/C20H35N3O2/c1-14-10-16(12-21)13-23(14)20(25)17-6-8-18(9-7-17)22-19(24)11-15-4-2-3-5-15/h14-18H,2-13,21H2,1H3,(H,22,24). The third-order valence-electron chi connectivity index (χ3n) is 6.67. The van der Waals surface area contributed by atoms with Crippen molar-refractivity contribution >= 4 is 11.8 Å². The summed E-state index contributed by atoms with van der Waals surface area (Å²) in [7, 11) is 0. The van der Waals surface area contributed by atoms with Crippen molar-refractivity contribution in [2.75, 3.05) is 13.1 Å². The average molecular weight is 350 g/mol. The highest BCUT2D eigenvalue weighted by Gasteiger charge is 2.36. The maximum Gasteiger partial charge on any atom is 0.225 e. The van der Waals surface area contributed by atoms with E-state index >= 15 is 0 Å². The van der Waals surface area contributed by atoms with Gasteiger partial charge in [-0.3, -0.25) is 9.59 Å². The Kier molecular flexibility index (Phi) is 6.37. The summed E-state index contributed by atoms with van der Waals surface area (Å²) >= 11 is 0. The van der Waals surface area contributed by atoms with Gasteiger partial charge in [-0.2, -0.15) is 0 Å². The van der Waals surface area contributed by atoms with Crippen LogP contribution in [-0.2, 0) is 9.59 Å². The second-order valence-electron chi connectivity index (χ2n) is 8.65. The lowest BCUT2D eigenvalue weighted by Gasteiger charge is -2.32. The fraction of sp³-hybridized carbons (Fsp3) is 0.900. The number of likely N-dealkylation sites (tertiary alicyclic amines) is 1. The predicted octanol–water partition coefficient (Wildman–Crippen LogP) is 2.44. The van der Waals surface area contributed by atoms with Gasteiger partial charge in [0.1, 0.15) is 0 Å². The molecule has 3 rings (SSSR count). The van der Waals surface area contributed by atoms with Crippen molar-refractivity contribution in [1.29, 1.82) is 0 Å². The summed E-state index contributed by atoms with van der Waals surface area (Å²) in [5, 5.41) is 3.22. The normalized spacial score (nSPS) is 33.6. The fourth-order valence-electron chi connectivity index (χ4n) is 5.10. The molecule has 1 aliphatic heterocycles. The Balaban J connectivity index is 1.40. The number of nitrogens with two attached hydrogens (primary N) is 1. The van der Waals surface area contributed by atoms with Crippen molar-refractivity contribution < 1.29 is 9.59 Å². The van der Waals surface area contributed by atoms with E-state index in [1.54, 1.807) is 0 Å². The molecule has 1 saturated heterocycles. The SMILES string of the molecule is CC1CC(CN)CN1C(=O)C1CCC(NC(=O)CC2CCCC2)CC1. The number of hydrogen-bond donors (Lipinski definition) is 2. The number of hydrogen-bond acceptors (Lipinski definition) is 3. The van der Waals surface area contributed by atoms with Gasteiger partial charge < -0.3 is 16.0 Å². The summed E-state index contributed by atoms with van der Waals surface area (Å²) in [6, 6.07) is 0.593. The number of amides is 2. The van der Waals surface area contributed by atoms with Gasteiger partial charge in [0.25, 0.3) is 0 Å². The Hall–Kier alpha value is -1.10. The average Bonchev–Trinajstić information content (AvgIpc) is 3.24. The molecular formula is C20H35N3O2. The molecule has 3 aliphatic rings. The Morgan fingerprint density at radius 2 is 1.72 bits per heavy atom. The molecule has 3 fully saturated rings. The van der Waals surface area contributed by atoms with Gasteiger partial charge in [-0.1, -0.05) is 12.8 Å². The Morgan fingerprint density at radius 3 is 2.32 bits per heavy atom. The minimum absolute atomic E-state index is 0.141. The zero-order valence-corrected chi connectivity index (χ0v) is 15.7. The zero-order chi connectivity index (χ0) is 17.8. The van der Waals surface area contributed by atoms with Crippen LogP contribution in [0.1, 0.15) is 71.1 Å². The Labute approximate surface area is 152 Å². The number of rotatable bonds is 5. The van der Waals surface area contributed by atoms with E-state index in [0.717, 1.165) is 38.6 Å². The molecule has 25 heavy (non-hydrogen) atoms. The predicted molar refractivity (Wildman–Crippen MR) is 98.8 cm³/mol. The Morgan fingerprint density at radius 1 is 1.04 bits per heavy atom. The number of carbonyl (C=O) groups excluding carboxylic acids is 2. The van der Waals surface area contributed by atoms with E-state index in [0.29, 0.717) is 36.8 Å².